The molecule has 0 amide bonds. The van der Waals surface area contributed by atoms with Crippen LogP contribution in [0.1, 0.15) is 32.1 Å². The fourth-order valence-corrected chi connectivity index (χ4v) is 3.34. The third kappa shape index (κ3) is 5.03. The summed E-state index contributed by atoms with van der Waals surface area (Å²) < 4.78 is 5.72. The van der Waals surface area contributed by atoms with Crippen LogP contribution in [-0.2, 0) is 4.74 Å². The van der Waals surface area contributed by atoms with E-state index in [1.807, 2.05) is 0 Å². The van der Waals surface area contributed by atoms with Crippen LogP contribution in [0.15, 0.2) is 0 Å². The van der Waals surface area contributed by atoms with Crippen molar-refractivity contribution in [1.82, 2.24) is 15.1 Å². The second-order valence-electron chi connectivity index (χ2n) is 6.46. The van der Waals surface area contributed by atoms with Crippen LogP contribution >= 0.6 is 0 Å². The molecule has 0 radical (unpaired) electrons. The van der Waals surface area contributed by atoms with Crippen LogP contribution in [0.5, 0.6) is 0 Å². The van der Waals surface area contributed by atoms with Gasteiger partial charge >= 0.3 is 0 Å². The molecule has 1 aliphatic carbocycles. The molecule has 4 heteroatoms. The summed E-state index contributed by atoms with van der Waals surface area (Å²) in [4.78, 5) is 4.76. The summed E-state index contributed by atoms with van der Waals surface area (Å²) in [5.74, 6) is 0. The van der Waals surface area contributed by atoms with Gasteiger partial charge in [-0.25, -0.2) is 0 Å². The standard InChI is InChI=1S/C15H31N3O/c1-17(2)10-12-19-13-11-18-9-8-16-15(14-18)6-4-3-5-7-15/h16H,3-14H2,1-2H3. The highest BCUT2D eigenvalue weighted by Gasteiger charge is 2.35. The molecule has 0 atom stereocenters. The van der Waals surface area contributed by atoms with Crippen LogP contribution < -0.4 is 5.32 Å². The van der Waals surface area contributed by atoms with Crippen LogP contribution in [-0.4, -0.2) is 75.4 Å². The lowest BCUT2D eigenvalue weighted by Crippen LogP contribution is -2.61. The third-order valence-electron chi connectivity index (χ3n) is 4.50. The van der Waals surface area contributed by atoms with E-state index in [4.69, 9.17) is 4.74 Å². The van der Waals surface area contributed by atoms with Gasteiger partial charge in [0.1, 0.15) is 0 Å². The zero-order valence-electron chi connectivity index (χ0n) is 12.8. The first kappa shape index (κ1) is 15.2. The van der Waals surface area contributed by atoms with E-state index in [1.165, 1.54) is 45.2 Å². The zero-order chi connectivity index (χ0) is 13.6. The van der Waals surface area contributed by atoms with Crippen molar-refractivity contribution in [2.45, 2.75) is 37.6 Å². The van der Waals surface area contributed by atoms with E-state index in [-0.39, 0.29) is 0 Å². The van der Waals surface area contributed by atoms with Gasteiger partial charge in [0.25, 0.3) is 0 Å². The van der Waals surface area contributed by atoms with Crippen LogP contribution in [0.2, 0.25) is 0 Å². The first-order valence-electron chi connectivity index (χ1n) is 7.90. The maximum absolute atomic E-state index is 5.72. The first-order chi connectivity index (χ1) is 9.20. The van der Waals surface area contributed by atoms with E-state index in [9.17, 15) is 0 Å². The SMILES string of the molecule is CN(C)CCOCCN1CCNC2(CCCCC2)C1. The second kappa shape index (κ2) is 7.58. The van der Waals surface area contributed by atoms with Crippen molar-refractivity contribution in [3.05, 3.63) is 0 Å². The van der Waals surface area contributed by atoms with E-state index >= 15 is 0 Å². The number of piperazine rings is 1. The summed E-state index contributed by atoms with van der Waals surface area (Å²) in [6.07, 6.45) is 6.97. The molecule has 4 nitrogen and oxygen atoms in total. The Morgan fingerprint density at radius 2 is 1.95 bits per heavy atom. The lowest BCUT2D eigenvalue weighted by Gasteiger charge is -2.46. The molecule has 1 saturated heterocycles. The Kier molecular flexibility index (Phi) is 6.07. The lowest BCUT2D eigenvalue weighted by atomic mass is 9.80. The van der Waals surface area contributed by atoms with Crippen molar-refractivity contribution in [1.29, 1.82) is 0 Å². The third-order valence-corrected chi connectivity index (χ3v) is 4.50. The van der Waals surface area contributed by atoms with Crippen molar-refractivity contribution in [3.63, 3.8) is 0 Å². The predicted octanol–water partition coefficient (Wildman–Crippen LogP) is 1.17. The molecule has 2 aliphatic rings. The molecule has 0 unspecified atom stereocenters. The van der Waals surface area contributed by atoms with Gasteiger partial charge in [0.15, 0.2) is 0 Å². The Bertz CT molecular complexity index is 246. The molecule has 2 rings (SSSR count). The molecule has 0 bridgehead atoms. The maximum atomic E-state index is 5.72. The van der Waals surface area contributed by atoms with Gasteiger partial charge in [0.2, 0.25) is 0 Å². The van der Waals surface area contributed by atoms with Crippen LogP contribution in [0.3, 0.4) is 0 Å². The average Bonchev–Trinajstić information content (AvgIpc) is 2.39. The van der Waals surface area contributed by atoms with Crippen molar-refractivity contribution >= 4 is 0 Å². The second-order valence-corrected chi connectivity index (χ2v) is 6.46. The Morgan fingerprint density at radius 3 is 2.68 bits per heavy atom. The van der Waals surface area contributed by atoms with Gasteiger partial charge in [0.05, 0.1) is 13.2 Å². The number of hydrogen-bond acceptors (Lipinski definition) is 4. The molecule has 19 heavy (non-hydrogen) atoms. The minimum absolute atomic E-state index is 0.431. The molecule has 1 heterocycles. The molecular formula is C15H31N3O. The summed E-state index contributed by atoms with van der Waals surface area (Å²) in [6, 6.07) is 0. The molecule has 1 saturated carbocycles. The molecule has 0 aromatic heterocycles. The summed E-state index contributed by atoms with van der Waals surface area (Å²) in [5.41, 5.74) is 0.431. The number of hydrogen-bond donors (Lipinski definition) is 1. The predicted molar refractivity (Wildman–Crippen MR) is 79.6 cm³/mol. The van der Waals surface area contributed by atoms with Gasteiger partial charge in [-0.1, -0.05) is 19.3 Å². The van der Waals surface area contributed by atoms with Crippen molar-refractivity contribution in [2.75, 3.05) is 60.0 Å². The Hall–Kier alpha value is -0.160. The normalized spacial score (nSPS) is 24.2. The quantitative estimate of drug-likeness (QED) is 0.733. The number of likely N-dealkylation sites (N-methyl/N-ethyl adjacent to an activating group) is 1. The lowest BCUT2D eigenvalue weighted by molar-refractivity contribution is 0.0555. The molecule has 2 fully saturated rings. The Labute approximate surface area is 118 Å². The van der Waals surface area contributed by atoms with Crippen LogP contribution in [0.25, 0.3) is 0 Å². The number of rotatable bonds is 6. The van der Waals surface area contributed by atoms with E-state index in [2.05, 4.69) is 29.2 Å². The molecule has 1 N–H and O–H groups in total. The van der Waals surface area contributed by atoms with E-state index in [0.717, 1.165) is 32.8 Å². The molecule has 112 valence electrons. The minimum atomic E-state index is 0.431. The van der Waals surface area contributed by atoms with Gasteiger partial charge < -0.3 is 15.0 Å². The van der Waals surface area contributed by atoms with E-state index < -0.39 is 0 Å². The Morgan fingerprint density at radius 1 is 1.16 bits per heavy atom. The van der Waals surface area contributed by atoms with Gasteiger partial charge in [-0.2, -0.15) is 0 Å². The van der Waals surface area contributed by atoms with Gasteiger partial charge in [-0.3, -0.25) is 4.90 Å². The monoisotopic (exact) mass is 269 g/mol. The zero-order valence-corrected chi connectivity index (χ0v) is 12.8. The summed E-state index contributed by atoms with van der Waals surface area (Å²) >= 11 is 0. The van der Waals surface area contributed by atoms with Crippen molar-refractivity contribution in [3.8, 4) is 0 Å². The summed E-state index contributed by atoms with van der Waals surface area (Å²) in [6.45, 7) is 7.40. The fraction of sp³-hybridized carbons (Fsp3) is 1.00. The molecule has 0 aromatic rings. The number of nitrogens with one attached hydrogen (secondary N) is 1. The summed E-state index contributed by atoms with van der Waals surface area (Å²) in [7, 11) is 4.18. The molecule has 1 spiro atoms. The highest BCUT2D eigenvalue weighted by Crippen LogP contribution is 2.30. The highest BCUT2D eigenvalue weighted by atomic mass is 16.5. The maximum Gasteiger partial charge on any atom is 0.0594 e. The summed E-state index contributed by atoms with van der Waals surface area (Å²) in [5, 5.41) is 3.79. The van der Waals surface area contributed by atoms with Crippen molar-refractivity contribution in [2.24, 2.45) is 0 Å². The Balaban J connectivity index is 1.64. The fourth-order valence-electron chi connectivity index (χ4n) is 3.34. The largest absolute Gasteiger partial charge is 0.379 e. The highest BCUT2D eigenvalue weighted by molar-refractivity contribution is 4.96. The first-order valence-corrected chi connectivity index (χ1v) is 7.90. The van der Waals surface area contributed by atoms with Gasteiger partial charge in [0, 0.05) is 38.3 Å². The van der Waals surface area contributed by atoms with Crippen LogP contribution in [0.4, 0.5) is 0 Å². The molecule has 1 aliphatic heterocycles. The van der Waals surface area contributed by atoms with Crippen molar-refractivity contribution < 1.29 is 4.74 Å². The minimum Gasteiger partial charge on any atom is -0.379 e. The van der Waals surface area contributed by atoms with E-state index in [0.29, 0.717) is 5.54 Å². The average molecular weight is 269 g/mol. The van der Waals surface area contributed by atoms with E-state index in [1.54, 1.807) is 0 Å². The number of nitrogens with zero attached hydrogens (tertiary/aromatic N) is 2. The topological polar surface area (TPSA) is 27.7 Å². The molecule has 0 aromatic carbocycles. The smallest absolute Gasteiger partial charge is 0.0594 e. The van der Waals surface area contributed by atoms with Gasteiger partial charge in [-0.15, -0.1) is 0 Å². The van der Waals surface area contributed by atoms with Crippen LogP contribution in [0, 0.1) is 0 Å². The molecular weight excluding hydrogens is 238 g/mol. The number of ether oxygens (including phenoxy) is 1. The van der Waals surface area contributed by atoms with Gasteiger partial charge in [-0.05, 0) is 26.9 Å².